The number of halogens is 1. The van der Waals surface area contributed by atoms with Gasteiger partial charge in [0.25, 0.3) is 0 Å². The van der Waals surface area contributed by atoms with Gasteiger partial charge in [-0.15, -0.1) is 0 Å². The molecule has 2 aromatic heterocycles. The van der Waals surface area contributed by atoms with Crippen molar-refractivity contribution in [3.63, 3.8) is 0 Å². The highest BCUT2D eigenvalue weighted by Gasteiger charge is 2.35. The fourth-order valence-electron chi connectivity index (χ4n) is 3.02. The lowest BCUT2D eigenvalue weighted by molar-refractivity contribution is -0.107. The Balaban J connectivity index is 2.10. The maximum absolute atomic E-state index is 12.3. The monoisotopic (exact) mass is 410 g/mol. The summed E-state index contributed by atoms with van der Waals surface area (Å²) in [6.07, 6.45) is 3.95. The molecule has 0 spiro atoms. The number of amides is 1. The summed E-state index contributed by atoms with van der Waals surface area (Å²) in [5.41, 5.74) is 0.654. The van der Waals surface area contributed by atoms with E-state index in [0.717, 1.165) is 10.9 Å². The Morgan fingerprint density at radius 1 is 1.52 bits per heavy atom. The molecule has 3 rings (SSSR count). The third-order valence-corrected chi connectivity index (χ3v) is 4.66. The molecular weight excluding hydrogens is 392 g/mol. The number of rotatable bonds is 6. The zero-order valence-corrected chi connectivity index (χ0v) is 15.6. The Kier molecular flexibility index (Phi) is 5.39. The fraction of sp³-hybridized carbons (Fsp3) is 0.471. The number of nitrogens with zero attached hydrogens (tertiary/aromatic N) is 2. The molecule has 1 aliphatic heterocycles. The molecule has 1 amide bonds. The van der Waals surface area contributed by atoms with Crippen LogP contribution >= 0.6 is 15.9 Å². The quantitative estimate of drug-likeness (QED) is 0.536. The number of esters is 1. The Labute approximate surface area is 153 Å². The summed E-state index contributed by atoms with van der Waals surface area (Å²) in [7, 11) is 0. The lowest BCUT2D eigenvalue weighted by atomic mass is 10.1. The van der Waals surface area contributed by atoms with Crippen molar-refractivity contribution in [1.29, 1.82) is 0 Å². The van der Waals surface area contributed by atoms with Crippen LogP contribution in [0.25, 0.3) is 11.1 Å². The first-order chi connectivity index (χ1) is 12.1. The Morgan fingerprint density at radius 2 is 2.32 bits per heavy atom. The van der Waals surface area contributed by atoms with Gasteiger partial charge in [-0.25, -0.2) is 9.78 Å². The van der Waals surface area contributed by atoms with Gasteiger partial charge in [-0.05, 0) is 41.8 Å². The third-order valence-electron chi connectivity index (χ3n) is 4.23. The number of hydrogen-bond acceptors (Lipinski definition) is 6. The van der Waals surface area contributed by atoms with E-state index in [-0.39, 0.29) is 30.2 Å². The predicted molar refractivity (Wildman–Crippen MR) is 94.6 cm³/mol. The highest BCUT2D eigenvalue weighted by Crippen LogP contribution is 2.37. The average molecular weight is 411 g/mol. The van der Waals surface area contributed by atoms with Crippen molar-refractivity contribution in [3.05, 3.63) is 22.5 Å². The van der Waals surface area contributed by atoms with E-state index in [1.807, 2.05) is 6.92 Å². The Hall–Kier alpha value is -1.93. The first-order valence-corrected chi connectivity index (χ1v) is 8.98. The topological polar surface area (TPSA) is 81.9 Å². The maximum Gasteiger partial charge on any atom is 0.376 e. The molecule has 0 aromatic carbocycles. The van der Waals surface area contributed by atoms with Crippen LogP contribution in [-0.4, -0.2) is 42.7 Å². The molecule has 7 nitrogen and oxygen atoms in total. The molecule has 25 heavy (non-hydrogen) atoms. The summed E-state index contributed by atoms with van der Waals surface area (Å²) in [5, 5.41) is 0.574. The van der Waals surface area contributed by atoms with Gasteiger partial charge in [0.15, 0.2) is 0 Å². The smallest absolute Gasteiger partial charge is 0.376 e. The van der Waals surface area contributed by atoms with Crippen LogP contribution in [0.4, 0.5) is 5.69 Å². The molecule has 2 unspecified atom stereocenters. The minimum absolute atomic E-state index is 0.0190. The van der Waals surface area contributed by atoms with Crippen LogP contribution < -0.4 is 4.90 Å². The third kappa shape index (κ3) is 3.41. The first-order valence-electron chi connectivity index (χ1n) is 8.19. The highest BCUT2D eigenvalue weighted by atomic mass is 79.9. The number of pyridine rings is 1. The number of aromatic nitrogens is 1. The number of ether oxygens (including phenoxy) is 2. The van der Waals surface area contributed by atoms with Crippen molar-refractivity contribution in [2.45, 2.75) is 38.8 Å². The van der Waals surface area contributed by atoms with Gasteiger partial charge < -0.3 is 18.8 Å². The lowest BCUT2D eigenvalue weighted by Gasteiger charge is -2.23. The molecule has 0 N–H and O–H groups in total. The van der Waals surface area contributed by atoms with E-state index in [2.05, 4.69) is 20.9 Å². The molecular formula is C17H19BrN2O5. The van der Waals surface area contributed by atoms with Crippen LogP contribution in [0.3, 0.4) is 0 Å². The average Bonchev–Trinajstić information content (AvgIpc) is 3.21. The largest absolute Gasteiger partial charge is 0.460 e. The van der Waals surface area contributed by atoms with Crippen molar-refractivity contribution in [3.8, 4) is 0 Å². The lowest BCUT2D eigenvalue weighted by Crippen LogP contribution is -2.35. The van der Waals surface area contributed by atoms with Gasteiger partial charge in [0.2, 0.25) is 17.9 Å². The summed E-state index contributed by atoms with van der Waals surface area (Å²) in [6, 6.07) is 1.60. The van der Waals surface area contributed by atoms with Crippen molar-refractivity contribution in [1.82, 2.24) is 4.98 Å². The highest BCUT2D eigenvalue weighted by molar-refractivity contribution is 9.10. The second kappa shape index (κ2) is 7.53. The van der Waals surface area contributed by atoms with E-state index in [9.17, 15) is 9.59 Å². The fourth-order valence-corrected chi connectivity index (χ4v) is 3.35. The van der Waals surface area contributed by atoms with Crippen molar-refractivity contribution < 1.29 is 23.5 Å². The zero-order chi connectivity index (χ0) is 18.0. The van der Waals surface area contributed by atoms with Crippen LogP contribution in [0, 0.1) is 0 Å². The molecule has 0 aliphatic carbocycles. The SMILES string of the molecule is CCOC(=O)c1oc2ncc(Br)cc2c1N(C=O)C1COC(CC)C1. The maximum atomic E-state index is 12.3. The Morgan fingerprint density at radius 3 is 2.96 bits per heavy atom. The summed E-state index contributed by atoms with van der Waals surface area (Å²) < 4.78 is 17.1. The number of carbonyl (C=O) groups is 2. The molecule has 1 aliphatic rings. The van der Waals surface area contributed by atoms with E-state index >= 15 is 0 Å². The standard InChI is InChI=1S/C17H19BrN2O5/c1-3-12-6-11(8-24-12)20(9-21)14-13-5-10(18)7-19-16(13)25-15(14)17(22)23-4-2/h5,7,9,11-12H,3-4,6,8H2,1-2H3. The van der Waals surface area contributed by atoms with Gasteiger partial charge in [-0.2, -0.15) is 0 Å². The van der Waals surface area contributed by atoms with E-state index in [0.29, 0.717) is 30.5 Å². The van der Waals surface area contributed by atoms with E-state index in [1.165, 1.54) is 4.90 Å². The number of carbonyl (C=O) groups excluding carboxylic acids is 2. The minimum atomic E-state index is -0.621. The van der Waals surface area contributed by atoms with E-state index < -0.39 is 5.97 Å². The van der Waals surface area contributed by atoms with Crippen molar-refractivity contribution in [2.24, 2.45) is 0 Å². The normalized spacial score (nSPS) is 20.0. The summed E-state index contributed by atoms with van der Waals surface area (Å²) in [6.45, 7) is 4.37. The molecule has 0 saturated carbocycles. The Bertz CT molecular complexity index is 791. The van der Waals surface area contributed by atoms with Crippen LogP contribution in [0.5, 0.6) is 0 Å². The summed E-state index contributed by atoms with van der Waals surface area (Å²) in [4.78, 5) is 29.9. The molecule has 0 bridgehead atoms. The number of furan rings is 1. The molecule has 0 radical (unpaired) electrons. The molecule has 1 saturated heterocycles. The van der Waals surface area contributed by atoms with Crippen LogP contribution in [-0.2, 0) is 14.3 Å². The van der Waals surface area contributed by atoms with E-state index in [4.69, 9.17) is 13.9 Å². The van der Waals surface area contributed by atoms with E-state index in [1.54, 1.807) is 19.2 Å². The number of anilines is 1. The second-order valence-corrected chi connectivity index (χ2v) is 6.69. The molecule has 1 fully saturated rings. The molecule has 134 valence electrons. The van der Waals surface area contributed by atoms with Crippen LogP contribution in [0.1, 0.15) is 37.2 Å². The van der Waals surface area contributed by atoms with Crippen molar-refractivity contribution >= 4 is 45.1 Å². The second-order valence-electron chi connectivity index (χ2n) is 5.77. The zero-order valence-electron chi connectivity index (χ0n) is 14.0. The molecule has 8 heteroatoms. The van der Waals surface area contributed by atoms with Gasteiger partial charge in [0.05, 0.1) is 30.7 Å². The summed E-state index contributed by atoms with van der Waals surface area (Å²) >= 11 is 3.37. The minimum Gasteiger partial charge on any atom is -0.460 e. The molecule has 2 aromatic rings. The van der Waals surface area contributed by atoms with Crippen LogP contribution in [0.15, 0.2) is 21.2 Å². The van der Waals surface area contributed by atoms with Gasteiger partial charge in [-0.1, -0.05) is 6.92 Å². The first kappa shape index (κ1) is 17.9. The van der Waals surface area contributed by atoms with Gasteiger partial charge >= 0.3 is 5.97 Å². The molecule has 3 heterocycles. The number of hydrogen-bond donors (Lipinski definition) is 0. The molecule has 2 atom stereocenters. The van der Waals surface area contributed by atoms with Crippen LogP contribution in [0.2, 0.25) is 0 Å². The van der Waals surface area contributed by atoms with Gasteiger partial charge in [0.1, 0.15) is 5.69 Å². The van der Waals surface area contributed by atoms with Gasteiger partial charge in [-0.3, -0.25) is 4.79 Å². The predicted octanol–water partition coefficient (Wildman–Crippen LogP) is 3.30. The summed E-state index contributed by atoms with van der Waals surface area (Å²) in [5.74, 6) is -0.640. The van der Waals surface area contributed by atoms with Crippen molar-refractivity contribution in [2.75, 3.05) is 18.1 Å². The number of fused-ring (bicyclic) bond motifs is 1. The van der Waals surface area contributed by atoms with Gasteiger partial charge in [0, 0.05) is 10.7 Å².